The van der Waals surface area contributed by atoms with E-state index in [2.05, 4.69) is 4.90 Å². The first kappa shape index (κ1) is 17.5. The van der Waals surface area contributed by atoms with Crippen LogP contribution in [0.15, 0.2) is 24.3 Å². The van der Waals surface area contributed by atoms with E-state index in [1.54, 1.807) is 19.0 Å². The zero-order valence-electron chi connectivity index (χ0n) is 14.6. The highest BCUT2D eigenvalue weighted by molar-refractivity contribution is 5.94. The quantitative estimate of drug-likeness (QED) is 0.851. The number of carbonyl (C=O) groups excluding carboxylic acids is 2. The fraction of sp³-hybridized carbons (Fsp3) is 0.556. The number of hydrogen-bond acceptors (Lipinski definition) is 3. The summed E-state index contributed by atoms with van der Waals surface area (Å²) in [6.07, 6.45) is 0.891. The van der Waals surface area contributed by atoms with Crippen molar-refractivity contribution in [2.75, 3.05) is 40.3 Å². The summed E-state index contributed by atoms with van der Waals surface area (Å²) >= 11 is 0. The van der Waals surface area contributed by atoms with Gasteiger partial charge in [0.2, 0.25) is 5.91 Å². The summed E-state index contributed by atoms with van der Waals surface area (Å²) in [6.45, 7) is 6.93. The summed E-state index contributed by atoms with van der Waals surface area (Å²) in [7, 11) is 3.56. The van der Waals surface area contributed by atoms with Gasteiger partial charge in [0.05, 0.1) is 6.04 Å². The molecule has 1 aromatic rings. The highest BCUT2D eigenvalue weighted by Gasteiger charge is 2.26. The molecule has 1 aliphatic rings. The summed E-state index contributed by atoms with van der Waals surface area (Å²) in [6, 6.07) is 7.58. The maximum atomic E-state index is 12.7. The SMILES string of the molecule is Cc1cccc(C(=O)N2CCCN(C(C)C(=O)N(C)C)CC2)c1. The second kappa shape index (κ2) is 7.59. The molecule has 2 rings (SSSR count). The molecule has 2 amide bonds. The van der Waals surface area contributed by atoms with Crippen molar-refractivity contribution in [3.05, 3.63) is 35.4 Å². The highest BCUT2D eigenvalue weighted by atomic mass is 16.2. The van der Waals surface area contributed by atoms with E-state index in [-0.39, 0.29) is 17.9 Å². The summed E-state index contributed by atoms with van der Waals surface area (Å²) in [4.78, 5) is 30.5. The molecule has 1 fully saturated rings. The summed E-state index contributed by atoms with van der Waals surface area (Å²) in [5.74, 6) is 0.200. The molecule has 126 valence electrons. The van der Waals surface area contributed by atoms with Crippen molar-refractivity contribution in [1.29, 1.82) is 0 Å². The van der Waals surface area contributed by atoms with E-state index in [0.29, 0.717) is 6.54 Å². The van der Waals surface area contributed by atoms with E-state index < -0.39 is 0 Å². The van der Waals surface area contributed by atoms with Gasteiger partial charge in [-0.15, -0.1) is 0 Å². The Bertz CT molecular complexity index is 571. The molecule has 0 radical (unpaired) electrons. The molecule has 0 N–H and O–H groups in total. The molecule has 0 aliphatic carbocycles. The summed E-state index contributed by atoms with van der Waals surface area (Å²) < 4.78 is 0. The Balaban J connectivity index is 2.01. The normalized spacial score (nSPS) is 17.5. The molecule has 0 bridgehead atoms. The van der Waals surface area contributed by atoms with Crippen LogP contribution in [0.5, 0.6) is 0 Å². The predicted molar refractivity (Wildman–Crippen MR) is 91.4 cm³/mol. The molecule has 5 nitrogen and oxygen atoms in total. The van der Waals surface area contributed by atoms with Crippen molar-refractivity contribution in [3.63, 3.8) is 0 Å². The molecule has 1 saturated heterocycles. The van der Waals surface area contributed by atoms with Crippen LogP contribution in [0.3, 0.4) is 0 Å². The summed E-state index contributed by atoms with van der Waals surface area (Å²) in [5.41, 5.74) is 1.84. The smallest absolute Gasteiger partial charge is 0.253 e. The molecule has 0 saturated carbocycles. The monoisotopic (exact) mass is 317 g/mol. The van der Waals surface area contributed by atoms with E-state index in [1.165, 1.54) is 0 Å². The first-order valence-corrected chi connectivity index (χ1v) is 8.21. The molecular formula is C18H27N3O2. The van der Waals surface area contributed by atoms with Crippen molar-refractivity contribution >= 4 is 11.8 Å². The lowest BCUT2D eigenvalue weighted by molar-refractivity contribution is -0.133. The van der Waals surface area contributed by atoms with Gasteiger partial charge in [-0.05, 0) is 32.4 Å². The van der Waals surface area contributed by atoms with E-state index in [1.807, 2.05) is 43.0 Å². The second-order valence-electron chi connectivity index (χ2n) is 6.46. The van der Waals surface area contributed by atoms with Crippen LogP contribution >= 0.6 is 0 Å². The van der Waals surface area contributed by atoms with Crippen molar-refractivity contribution in [2.45, 2.75) is 26.3 Å². The van der Waals surface area contributed by atoms with E-state index in [4.69, 9.17) is 0 Å². The molecule has 0 spiro atoms. The molecule has 5 heteroatoms. The maximum absolute atomic E-state index is 12.7. The largest absolute Gasteiger partial charge is 0.347 e. The number of rotatable bonds is 3. The van der Waals surface area contributed by atoms with Gasteiger partial charge in [-0.25, -0.2) is 0 Å². The number of benzene rings is 1. The van der Waals surface area contributed by atoms with Gasteiger partial charge in [-0.2, -0.15) is 0 Å². The topological polar surface area (TPSA) is 43.9 Å². The number of nitrogens with zero attached hydrogens (tertiary/aromatic N) is 3. The Morgan fingerprint density at radius 1 is 1.13 bits per heavy atom. The zero-order valence-corrected chi connectivity index (χ0v) is 14.6. The minimum Gasteiger partial charge on any atom is -0.347 e. The van der Waals surface area contributed by atoms with Gasteiger partial charge in [0.15, 0.2) is 0 Å². The lowest BCUT2D eigenvalue weighted by Gasteiger charge is -2.28. The molecular weight excluding hydrogens is 290 g/mol. The minimum absolute atomic E-state index is 0.0853. The Morgan fingerprint density at radius 3 is 2.52 bits per heavy atom. The molecule has 1 aromatic carbocycles. The van der Waals surface area contributed by atoms with Crippen LogP contribution in [0, 0.1) is 6.92 Å². The van der Waals surface area contributed by atoms with Crippen molar-refractivity contribution < 1.29 is 9.59 Å². The van der Waals surface area contributed by atoms with E-state index in [0.717, 1.165) is 37.2 Å². The average molecular weight is 317 g/mol. The first-order valence-electron chi connectivity index (χ1n) is 8.21. The zero-order chi connectivity index (χ0) is 17.0. The number of amides is 2. The first-order chi connectivity index (χ1) is 10.9. The Kier molecular flexibility index (Phi) is 5.77. The van der Waals surface area contributed by atoms with Gasteiger partial charge in [-0.1, -0.05) is 17.7 Å². The third-order valence-electron chi connectivity index (χ3n) is 4.43. The Morgan fingerprint density at radius 2 is 1.87 bits per heavy atom. The van der Waals surface area contributed by atoms with Gasteiger partial charge in [0.25, 0.3) is 5.91 Å². The third kappa shape index (κ3) is 4.32. The number of aryl methyl sites for hydroxylation is 1. The van der Waals surface area contributed by atoms with Crippen molar-refractivity contribution in [2.24, 2.45) is 0 Å². The van der Waals surface area contributed by atoms with Crippen LogP contribution < -0.4 is 0 Å². The molecule has 1 atom stereocenters. The highest BCUT2D eigenvalue weighted by Crippen LogP contribution is 2.13. The molecule has 1 heterocycles. The number of hydrogen-bond donors (Lipinski definition) is 0. The van der Waals surface area contributed by atoms with Crippen molar-refractivity contribution in [3.8, 4) is 0 Å². The van der Waals surface area contributed by atoms with Crippen LogP contribution in [0.25, 0.3) is 0 Å². The number of carbonyl (C=O) groups is 2. The number of likely N-dealkylation sites (N-methyl/N-ethyl adjacent to an activating group) is 1. The van der Waals surface area contributed by atoms with Crippen LogP contribution in [0.2, 0.25) is 0 Å². The molecule has 0 aromatic heterocycles. The van der Waals surface area contributed by atoms with E-state index in [9.17, 15) is 9.59 Å². The predicted octanol–water partition coefficient (Wildman–Crippen LogP) is 1.62. The lowest BCUT2D eigenvalue weighted by Crippen LogP contribution is -2.46. The van der Waals surface area contributed by atoms with Gasteiger partial charge < -0.3 is 9.80 Å². The van der Waals surface area contributed by atoms with Gasteiger partial charge >= 0.3 is 0 Å². The standard InChI is InChI=1S/C18H27N3O2/c1-14-7-5-8-16(13-14)18(23)21-10-6-9-20(11-12-21)15(2)17(22)19(3)4/h5,7-8,13,15H,6,9-12H2,1-4H3. The third-order valence-corrected chi connectivity index (χ3v) is 4.43. The Labute approximate surface area is 138 Å². The average Bonchev–Trinajstić information content (AvgIpc) is 2.78. The maximum Gasteiger partial charge on any atom is 0.253 e. The fourth-order valence-corrected chi connectivity index (χ4v) is 3.02. The lowest BCUT2D eigenvalue weighted by atomic mass is 10.1. The fourth-order valence-electron chi connectivity index (χ4n) is 3.02. The van der Waals surface area contributed by atoms with Gasteiger partial charge in [-0.3, -0.25) is 14.5 Å². The van der Waals surface area contributed by atoms with Crippen LogP contribution in [0.1, 0.15) is 29.3 Å². The molecule has 1 aliphatic heterocycles. The van der Waals surface area contributed by atoms with Gasteiger partial charge in [0, 0.05) is 45.8 Å². The Hall–Kier alpha value is -1.88. The van der Waals surface area contributed by atoms with Crippen LogP contribution in [0.4, 0.5) is 0 Å². The van der Waals surface area contributed by atoms with E-state index >= 15 is 0 Å². The second-order valence-corrected chi connectivity index (χ2v) is 6.46. The van der Waals surface area contributed by atoms with Crippen LogP contribution in [-0.2, 0) is 4.79 Å². The van der Waals surface area contributed by atoms with Gasteiger partial charge in [0.1, 0.15) is 0 Å². The van der Waals surface area contributed by atoms with Crippen LogP contribution in [-0.4, -0.2) is 72.8 Å². The molecule has 1 unspecified atom stereocenters. The molecule has 23 heavy (non-hydrogen) atoms. The minimum atomic E-state index is -0.140. The van der Waals surface area contributed by atoms with Crippen molar-refractivity contribution in [1.82, 2.24) is 14.7 Å². The summed E-state index contributed by atoms with van der Waals surface area (Å²) in [5, 5.41) is 0.